The molecule has 0 aromatic carbocycles. The third-order valence-electron chi connectivity index (χ3n) is 5.89. The van der Waals surface area contributed by atoms with E-state index in [1.165, 1.54) is 0 Å². The first-order valence-corrected chi connectivity index (χ1v) is 10.7. The summed E-state index contributed by atoms with van der Waals surface area (Å²) < 4.78 is 2.14. The Morgan fingerprint density at radius 3 is 2.86 bits per heavy atom. The largest absolute Gasteiger partial charge is 0.394 e. The number of carbonyl (C=O) groups excluding carboxylic acids is 1. The van der Waals surface area contributed by atoms with Crippen LogP contribution in [-0.2, 0) is 4.79 Å². The molecule has 1 amide bonds. The van der Waals surface area contributed by atoms with Gasteiger partial charge in [-0.3, -0.25) is 9.36 Å². The lowest BCUT2D eigenvalue weighted by atomic mass is 10.2. The molecule has 0 spiro atoms. The van der Waals surface area contributed by atoms with Gasteiger partial charge in [0.2, 0.25) is 11.9 Å². The van der Waals surface area contributed by atoms with Crippen molar-refractivity contribution < 1.29 is 9.90 Å². The Morgan fingerprint density at radius 2 is 2.14 bits per heavy atom. The fourth-order valence-electron chi connectivity index (χ4n) is 4.41. The van der Waals surface area contributed by atoms with Crippen molar-refractivity contribution in [2.45, 2.75) is 58.0 Å². The Morgan fingerprint density at radius 1 is 1.28 bits per heavy atom. The number of amides is 1. The van der Waals surface area contributed by atoms with Crippen LogP contribution in [0.1, 0.15) is 52.0 Å². The molecule has 2 N–H and O–H groups in total. The van der Waals surface area contributed by atoms with Crippen molar-refractivity contribution in [3.05, 3.63) is 6.33 Å². The summed E-state index contributed by atoms with van der Waals surface area (Å²) in [4.78, 5) is 29.7. The van der Waals surface area contributed by atoms with Crippen LogP contribution >= 0.6 is 0 Å². The molecule has 4 rings (SSSR count). The predicted octanol–water partition coefficient (Wildman–Crippen LogP) is 1.79. The predicted molar refractivity (Wildman–Crippen MR) is 112 cm³/mol. The van der Waals surface area contributed by atoms with Gasteiger partial charge in [-0.25, -0.2) is 15.0 Å². The normalized spacial score (nSPS) is 19.9. The summed E-state index contributed by atoms with van der Waals surface area (Å²) in [5, 5.41) is 13.2. The zero-order chi connectivity index (χ0) is 20.4. The molecule has 4 heterocycles. The summed E-state index contributed by atoms with van der Waals surface area (Å²) in [7, 11) is 0. The number of nitrogens with one attached hydrogen (secondary N) is 1. The van der Waals surface area contributed by atoms with Gasteiger partial charge in [-0.15, -0.1) is 0 Å². The van der Waals surface area contributed by atoms with E-state index in [1.807, 2.05) is 4.90 Å². The summed E-state index contributed by atoms with van der Waals surface area (Å²) in [6, 6.07) is 0.297. The second-order valence-electron chi connectivity index (χ2n) is 8.21. The molecule has 1 unspecified atom stereocenters. The van der Waals surface area contributed by atoms with Crippen LogP contribution in [0.25, 0.3) is 11.2 Å². The Kier molecular flexibility index (Phi) is 5.84. The molecule has 9 nitrogen and oxygen atoms in total. The molecule has 2 aliphatic heterocycles. The SMILES string of the molecule is CC(C)n1c(N2CCCC2CO)nc2c(NCCCN3CCCC3=O)ncnc21. The van der Waals surface area contributed by atoms with E-state index in [-0.39, 0.29) is 24.6 Å². The zero-order valence-corrected chi connectivity index (χ0v) is 17.3. The molecule has 9 heteroatoms. The smallest absolute Gasteiger partial charge is 0.222 e. The standard InChI is InChI=1S/C20H31N7O2/c1-14(2)27-19-17(24-20(27)26-11-3-6-15(26)12-28)18(22-13-23-19)21-8-5-10-25-9-4-7-16(25)29/h13-15,28H,3-12H2,1-2H3,(H,21,22,23). The van der Waals surface area contributed by atoms with Crippen LogP contribution in [0.5, 0.6) is 0 Å². The van der Waals surface area contributed by atoms with Gasteiger partial charge in [0.05, 0.1) is 12.6 Å². The first-order chi connectivity index (χ1) is 14.1. The van der Waals surface area contributed by atoms with Gasteiger partial charge in [0, 0.05) is 38.6 Å². The van der Waals surface area contributed by atoms with Gasteiger partial charge in [0.25, 0.3) is 0 Å². The third kappa shape index (κ3) is 3.88. The van der Waals surface area contributed by atoms with Crippen LogP contribution in [0.2, 0.25) is 0 Å². The summed E-state index contributed by atoms with van der Waals surface area (Å²) >= 11 is 0. The van der Waals surface area contributed by atoms with Gasteiger partial charge >= 0.3 is 0 Å². The Bertz CT molecular complexity index is 866. The van der Waals surface area contributed by atoms with Crippen LogP contribution in [-0.4, -0.2) is 74.3 Å². The van der Waals surface area contributed by atoms with Crippen molar-refractivity contribution in [3.8, 4) is 0 Å². The minimum Gasteiger partial charge on any atom is -0.394 e. The van der Waals surface area contributed by atoms with Crippen molar-refractivity contribution in [1.82, 2.24) is 24.4 Å². The number of likely N-dealkylation sites (tertiary alicyclic amines) is 1. The maximum Gasteiger partial charge on any atom is 0.222 e. The number of imidazole rings is 1. The number of hydrogen-bond acceptors (Lipinski definition) is 7. The quantitative estimate of drug-likeness (QED) is 0.651. The molecule has 0 bridgehead atoms. The number of fused-ring (bicyclic) bond motifs is 1. The fourth-order valence-corrected chi connectivity index (χ4v) is 4.41. The number of aromatic nitrogens is 4. The average molecular weight is 402 g/mol. The molecule has 0 aliphatic carbocycles. The molecule has 2 saturated heterocycles. The van der Waals surface area contributed by atoms with Crippen molar-refractivity contribution in [2.75, 3.05) is 43.0 Å². The van der Waals surface area contributed by atoms with Gasteiger partial charge < -0.3 is 20.2 Å². The second kappa shape index (κ2) is 8.52. The second-order valence-corrected chi connectivity index (χ2v) is 8.21. The lowest BCUT2D eigenvalue weighted by Gasteiger charge is -2.26. The Hall–Kier alpha value is -2.42. The molecule has 1 atom stereocenters. The minimum absolute atomic E-state index is 0.103. The molecular formula is C20H31N7O2. The molecule has 2 aromatic rings. The lowest BCUT2D eigenvalue weighted by Crippen LogP contribution is -2.34. The Labute approximate surface area is 171 Å². The first-order valence-electron chi connectivity index (χ1n) is 10.7. The summed E-state index contributed by atoms with van der Waals surface area (Å²) in [5.41, 5.74) is 1.57. The first kappa shape index (κ1) is 19.9. The van der Waals surface area contributed by atoms with Gasteiger partial charge in [-0.1, -0.05) is 0 Å². The van der Waals surface area contributed by atoms with E-state index < -0.39 is 0 Å². The highest BCUT2D eigenvalue weighted by Crippen LogP contribution is 2.32. The number of aliphatic hydroxyl groups excluding tert-OH is 1. The minimum atomic E-state index is 0.103. The van der Waals surface area contributed by atoms with Crippen LogP contribution in [0.4, 0.5) is 11.8 Å². The van der Waals surface area contributed by atoms with Crippen molar-refractivity contribution in [1.29, 1.82) is 0 Å². The highest BCUT2D eigenvalue weighted by Gasteiger charge is 2.30. The Balaban J connectivity index is 1.54. The maximum absolute atomic E-state index is 11.7. The van der Waals surface area contributed by atoms with Gasteiger partial charge in [0.15, 0.2) is 17.0 Å². The van der Waals surface area contributed by atoms with Crippen molar-refractivity contribution >= 4 is 28.8 Å². The van der Waals surface area contributed by atoms with Crippen molar-refractivity contribution in [2.24, 2.45) is 0 Å². The molecule has 29 heavy (non-hydrogen) atoms. The van der Waals surface area contributed by atoms with E-state index in [0.29, 0.717) is 6.42 Å². The number of aliphatic hydroxyl groups is 1. The highest BCUT2D eigenvalue weighted by atomic mass is 16.3. The number of anilines is 2. The summed E-state index contributed by atoms with van der Waals surface area (Å²) in [5.74, 6) is 1.85. The molecule has 158 valence electrons. The summed E-state index contributed by atoms with van der Waals surface area (Å²) in [6.07, 6.45) is 6.13. The van der Waals surface area contributed by atoms with E-state index in [4.69, 9.17) is 4.98 Å². The molecule has 2 aliphatic rings. The van der Waals surface area contributed by atoms with Gasteiger partial charge in [-0.2, -0.15) is 0 Å². The molecule has 2 aromatic heterocycles. The molecular weight excluding hydrogens is 370 g/mol. The molecule has 2 fully saturated rings. The average Bonchev–Trinajstić information content (AvgIpc) is 3.42. The fraction of sp³-hybridized carbons (Fsp3) is 0.700. The van der Waals surface area contributed by atoms with E-state index in [9.17, 15) is 9.90 Å². The number of nitrogens with zero attached hydrogens (tertiary/aromatic N) is 6. The number of hydrogen-bond donors (Lipinski definition) is 2. The van der Waals surface area contributed by atoms with Crippen LogP contribution in [0.3, 0.4) is 0 Å². The van der Waals surface area contributed by atoms with E-state index in [0.717, 1.165) is 74.8 Å². The third-order valence-corrected chi connectivity index (χ3v) is 5.89. The van der Waals surface area contributed by atoms with Gasteiger partial charge in [0.1, 0.15) is 6.33 Å². The van der Waals surface area contributed by atoms with E-state index in [2.05, 4.69) is 38.6 Å². The van der Waals surface area contributed by atoms with Crippen LogP contribution in [0.15, 0.2) is 6.33 Å². The zero-order valence-electron chi connectivity index (χ0n) is 17.3. The van der Waals surface area contributed by atoms with E-state index >= 15 is 0 Å². The van der Waals surface area contributed by atoms with Crippen LogP contribution < -0.4 is 10.2 Å². The highest BCUT2D eigenvalue weighted by molar-refractivity contribution is 5.85. The van der Waals surface area contributed by atoms with E-state index in [1.54, 1.807) is 6.33 Å². The lowest BCUT2D eigenvalue weighted by molar-refractivity contribution is -0.127. The van der Waals surface area contributed by atoms with Gasteiger partial charge in [-0.05, 0) is 39.5 Å². The maximum atomic E-state index is 11.7. The van der Waals surface area contributed by atoms with Crippen LogP contribution in [0, 0.1) is 0 Å². The van der Waals surface area contributed by atoms with Crippen molar-refractivity contribution in [3.63, 3.8) is 0 Å². The number of rotatable bonds is 8. The molecule has 0 saturated carbocycles. The topological polar surface area (TPSA) is 99.4 Å². The number of carbonyl (C=O) groups is 1. The molecule has 0 radical (unpaired) electrons. The monoisotopic (exact) mass is 401 g/mol. The summed E-state index contributed by atoms with van der Waals surface area (Å²) in [6.45, 7) is 7.64.